The topological polar surface area (TPSA) is 35.2 Å². The Labute approximate surface area is 109 Å². The highest BCUT2D eigenvalue weighted by Gasteiger charge is 2.23. The highest BCUT2D eigenvalue weighted by Crippen LogP contribution is 2.38. The highest BCUT2D eigenvalue weighted by atomic mass is 16.5. The van der Waals surface area contributed by atoms with E-state index in [1.807, 2.05) is 0 Å². The summed E-state index contributed by atoms with van der Waals surface area (Å²) in [6, 6.07) is 8.74. The molecule has 96 valence electrons. The van der Waals surface area contributed by atoms with Crippen molar-refractivity contribution in [3.8, 4) is 5.75 Å². The van der Waals surface area contributed by atoms with Crippen LogP contribution in [0.5, 0.6) is 5.75 Å². The minimum atomic E-state index is 0.281. The van der Waals surface area contributed by atoms with Crippen molar-refractivity contribution in [2.45, 2.75) is 44.1 Å². The molecule has 2 heteroatoms. The van der Waals surface area contributed by atoms with Gasteiger partial charge < -0.3 is 10.5 Å². The van der Waals surface area contributed by atoms with Gasteiger partial charge in [0.2, 0.25) is 0 Å². The summed E-state index contributed by atoms with van der Waals surface area (Å²) in [5, 5.41) is 0. The van der Waals surface area contributed by atoms with E-state index in [0.29, 0.717) is 5.92 Å². The van der Waals surface area contributed by atoms with Gasteiger partial charge in [0, 0.05) is 6.04 Å². The summed E-state index contributed by atoms with van der Waals surface area (Å²) in [5.74, 6) is 1.70. The van der Waals surface area contributed by atoms with Gasteiger partial charge in [0.05, 0.1) is 6.61 Å². The monoisotopic (exact) mass is 243 g/mol. The number of rotatable bonds is 2. The number of hydrogen-bond acceptors (Lipinski definition) is 2. The molecular formula is C16H21NO. The molecule has 0 saturated carbocycles. The minimum Gasteiger partial charge on any atom is -0.493 e. The molecular weight excluding hydrogens is 222 g/mol. The van der Waals surface area contributed by atoms with Crippen LogP contribution >= 0.6 is 0 Å². The first kappa shape index (κ1) is 11.8. The van der Waals surface area contributed by atoms with Crippen molar-refractivity contribution >= 4 is 0 Å². The molecule has 0 aromatic heterocycles. The van der Waals surface area contributed by atoms with Crippen LogP contribution in [0.15, 0.2) is 35.9 Å². The number of para-hydroxylation sites is 1. The summed E-state index contributed by atoms with van der Waals surface area (Å²) >= 11 is 0. The number of ether oxygens (including phenoxy) is 1. The number of fused-ring (bicyclic) bond motifs is 1. The quantitative estimate of drug-likeness (QED) is 0.808. The molecule has 1 aliphatic carbocycles. The highest BCUT2D eigenvalue weighted by molar-refractivity contribution is 5.38. The molecule has 1 aliphatic heterocycles. The molecule has 2 N–H and O–H groups in total. The molecule has 18 heavy (non-hydrogen) atoms. The van der Waals surface area contributed by atoms with E-state index >= 15 is 0 Å². The van der Waals surface area contributed by atoms with Gasteiger partial charge in [-0.05, 0) is 49.7 Å². The van der Waals surface area contributed by atoms with Crippen LogP contribution in [0.25, 0.3) is 0 Å². The summed E-state index contributed by atoms with van der Waals surface area (Å²) < 4.78 is 5.72. The second-order valence-corrected chi connectivity index (χ2v) is 5.46. The standard InChI is InChI=1S/C16H21NO/c17-14-5-3-4-12(11-14)10-13-8-9-18-16-7-2-1-6-15(13)16/h1-2,6-7,11,13-14H,3-5,8-10,17H2. The van der Waals surface area contributed by atoms with Gasteiger partial charge in [0.25, 0.3) is 0 Å². The average molecular weight is 243 g/mol. The summed E-state index contributed by atoms with van der Waals surface area (Å²) in [4.78, 5) is 0. The van der Waals surface area contributed by atoms with Crippen LogP contribution in [0.3, 0.4) is 0 Å². The molecule has 1 aromatic rings. The molecule has 2 atom stereocenters. The van der Waals surface area contributed by atoms with Gasteiger partial charge in [0.15, 0.2) is 0 Å². The zero-order valence-electron chi connectivity index (χ0n) is 10.8. The zero-order valence-corrected chi connectivity index (χ0v) is 10.8. The van der Waals surface area contributed by atoms with Gasteiger partial charge in [-0.25, -0.2) is 0 Å². The predicted molar refractivity (Wildman–Crippen MR) is 73.8 cm³/mol. The molecule has 0 fully saturated rings. The lowest BCUT2D eigenvalue weighted by Gasteiger charge is -2.28. The van der Waals surface area contributed by atoms with Gasteiger partial charge in [-0.1, -0.05) is 29.8 Å². The Morgan fingerprint density at radius 1 is 1.22 bits per heavy atom. The number of hydrogen-bond donors (Lipinski definition) is 1. The summed E-state index contributed by atoms with van der Waals surface area (Å²) in [7, 11) is 0. The first-order valence-electron chi connectivity index (χ1n) is 7.00. The first-order valence-corrected chi connectivity index (χ1v) is 7.00. The van der Waals surface area contributed by atoms with Gasteiger partial charge in [-0.3, -0.25) is 0 Å². The van der Waals surface area contributed by atoms with Crippen LogP contribution in [0.4, 0.5) is 0 Å². The minimum absolute atomic E-state index is 0.281. The van der Waals surface area contributed by atoms with E-state index in [0.717, 1.165) is 31.6 Å². The Hall–Kier alpha value is -1.28. The lowest BCUT2D eigenvalue weighted by Crippen LogP contribution is -2.21. The van der Waals surface area contributed by atoms with Crippen LogP contribution in [0.1, 0.15) is 43.6 Å². The van der Waals surface area contributed by atoms with E-state index in [1.54, 1.807) is 5.57 Å². The Kier molecular flexibility index (Phi) is 3.37. The van der Waals surface area contributed by atoms with Crippen molar-refractivity contribution in [2.75, 3.05) is 6.61 Å². The van der Waals surface area contributed by atoms with Crippen molar-refractivity contribution in [2.24, 2.45) is 5.73 Å². The normalized spacial score (nSPS) is 27.1. The summed E-state index contributed by atoms with van der Waals surface area (Å²) in [6.45, 7) is 0.848. The smallest absolute Gasteiger partial charge is 0.122 e. The van der Waals surface area contributed by atoms with Crippen LogP contribution < -0.4 is 10.5 Å². The third kappa shape index (κ3) is 2.44. The van der Waals surface area contributed by atoms with E-state index in [-0.39, 0.29) is 6.04 Å². The maximum Gasteiger partial charge on any atom is 0.122 e. The van der Waals surface area contributed by atoms with Crippen LogP contribution in [-0.2, 0) is 0 Å². The SMILES string of the molecule is NC1C=C(CC2CCOc3ccccc32)CCC1. The summed E-state index contributed by atoms with van der Waals surface area (Å²) in [6.07, 6.45) is 8.21. The Bertz CT molecular complexity index is 452. The van der Waals surface area contributed by atoms with Gasteiger partial charge in [0.1, 0.15) is 5.75 Å². The van der Waals surface area contributed by atoms with E-state index in [2.05, 4.69) is 30.3 Å². The fourth-order valence-electron chi connectivity index (χ4n) is 3.15. The van der Waals surface area contributed by atoms with Crippen molar-refractivity contribution in [1.82, 2.24) is 0 Å². The van der Waals surface area contributed by atoms with Crippen LogP contribution in [0.2, 0.25) is 0 Å². The molecule has 2 nitrogen and oxygen atoms in total. The van der Waals surface area contributed by atoms with Gasteiger partial charge >= 0.3 is 0 Å². The maximum atomic E-state index is 6.02. The molecule has 0 saturated heterocycles. The lowest BCUT2D eigenvalue weighted by molar-refractivity contribution is 0.266. The number of benzene rings is 1. The van der Waals surface area contributed by atoms with Crippen molar-refractivity contribution < 1.29 is 4.74 Å². The fourth-order valence-corrected chi connectivity index (χ4v) is 3.15. The Balaban J connectivity index is 1.78. The molecule has 0 amide bonds. The predicted octanol–water partition coefficient (Wildman–Crippen LogP) is 3.38. The van der Waals surface area contributed by atoms with E-state index in [1.165, 1.54) is 18.4 Å². The van der Waals surface area contributed by atoms with Crippen LogP contribution in [-0.4, -0.2) is 12.6 Å². The third-order valence-electron chi connectivity index (χ3n) is 4.08. The maximum absolute atomic E-state index is 6.02. The molecule has 1 aromatic carbocycles. The van der Waals surface area contributed by atoms with E-state index in [4.69, 9.17) is 10.5 Å². The number of nitrogens with two attached hydrogens (primary N) is 1. The second kappa shape index (κ2) is 5.15. The zero-order chi connectivity index (χ0) is 12.4. The van der Waals surface area contributed by atoms with Gasteiger partial charge in [-0.15, -0.1) is 0 Å². The second-order valence-electron chi connectivity index (χ2n) is 5.46. The number of allylic oxidation sites excluding steroid dienone is 1. The fraction of sp³-hybridized carbons (Fsp3) is 0.500. The molecule has 2 unspecified atom stereocenters. The molecule has 0 spiro atoms. The third-order valence-corrected chi connectivity index (χ3v) is 4.08. The van der Waals surface area contributed by atoms with E-state index < -0.39 is 0 Å². The Morgan fingerprint density at radius 3 is 3.00 bits per heavy atom. The Morgan fingerprint density at radius 2 is 2.11 bits per heavy atom. The van der Waals surface area contributed by atoms with Crippen molar-refractivity contribution in [3.63, 3.8) is 0 Å². The largest absolute Gasteiger partial charge is 0.493 e. The van der Waals surface area contributed by atoms with Crippen molar-refractivity contribution in [1.29, 1.82) is 0 Å². The molecule has 0 radical (unpaired) electrons. The average Bonchev–Trinajstić information content (AvgIpc) is 2.39. The lowest BCUT2D eigenvalue weighted by atomic mass is 9.83. The molecule has 1 heterocycles. The van der Waals surface area contributed by atoms with Crippen molar-refractivity contribution in [3.05, 3.63) is 41.5 Å². The molecule has 2 aliphatic rings. The van der Waals surface area contributed by atoms with E-state index in [9.17, 15) is 0 Å². The van der Waals surface area contributed by atoms with Crippen LogP contribution in [0, 0.1) is 0 Å². The molecule has 3 rings (SSSR count). The molecule has 0 bridgehead atoms. The summed E-state index contributed by atoms with van der Waals surface area (Å²) in [5.41, 5.74) is 8.95. The van der Waals surface area contributed by atoms with Gasteiger partial charge in [-0.2, -0.15) is 0 Å². The first-order chi connectivity index (χ1) is 8.83.